The zero-order valence-corrected chi connectivity index (χ0v) is 25.6. The van der Waals surface area contributed by atoms with E-state index in [1.54, 1.807) is 11.0 Å². The molecule has 1 saturated carbocycles. The van der Waals surface area contributed by atoms with Crippen molar-refractivity contribution in [1.29, 1.82) is 0 Å². The Morgan fingerprint density at radius 2 is 1.57 bits per heavy atom. The Morgan fingerprint density at radius 1 is 0.975 bits per heavy atom. The van der Waals surface area contributed by atoms with E-state index in [9.17, 15) is 14.4 Å². The second-order valence-electron chi connectivity index (χ2n) is 12.7. The molecular weight excluding hydrogens is 514 g/mol. The maximum absolute atomic E-state index is 12.7. The largest absolute Gasteiger partial charge is 0.487 e. The van der Waals surface area contributed by atoms with Crippen LogP contribution in [0.2, 0.25) is 0 Å². The Kier molecular flexibility index (Phi) is 9.85. The van der Waals surface area contributed by atoms with Crippen LogP contribution in [0.5, 0.6) is 5.75 Å². The Labute approximate surface area is 238 Å². The minimum absolute atomic E-state index is 0.0673. The molecule has 1 N–H and O–H groups in total. The van der Waals surface area contributed by atoms with Gasteiger partial charge in [0.15, 0.2) is 0 Å². The molecule has 1 aromatic carbocycles. The van der Waals surface area contributed by atoms with Crippen molar-refractivity contribution in [3.63, 3.8) is 0 Å². The van der Waals surface area contributed by atoms with Gasteiger partial charge in [-0.15, -0.1) is 0 Å². The van der Waals surface area contributed by atoms with Gasteiger partial charge in [-0.1, -0.05) is 0 Å². The van der Waals surface area contributed by atoms with E-state index in [1.165, 1.54) is 7.11 Å². The Balaban J connectivity index is 1.71. The molecule has 10 heteroatoms. The van der Waals surface area contributed by atoms with E-state index in [4.69, 9.17) is 18.9 Å². The fourth-order valence-electron chi connectivity index (χ4n) is 5.17. The van der Waals surface area contributed by atoms with E-state index in [0.717, 1.165) is 43.5 Å². The number of hydrogen-bond donors (Lipinski definition) is 1. The standard InChI is InChI=1S/C30H47N3O7/c1-10-33(21-13-11-20(12-14-21)31-27(35)39-29(3,4)5)25-16-22(15-24(19(25)2)26(34)37-9)38-23-17-32(18-23)28(36)40-30(6,7)8/h15-16,20-21,23H,10-14,17-18H2,1-9H3,(H,31,35). The molecule has 40 heavy (non-hydrogen) atoms. The van der Waals surface area contributed by atoms with E-state index in [1.807, 2.05) is 54.5 Å². The zero-order chi connectivity index (χ0) is 29.8. The lowest BCUT2D eigenvalue weighted by Gasteiger charge is -2.40. The number of methoxy groups -OCH3 is 1. The SMILES string of the molecule is CCN(c1cc(OC2CN(C(=O)OC(C)(C)C)C2)cc(C(=O)OC)c1C)C1CCC(NC(=O)OC(C)(C)C)CC1. The lowest BCUT2D eigenvalue weighted by molar-refractivity contribution is -0.0221. The van der Waals surface area contributed by atoms with E-state index in [0.29, 0.717) is 24.4 Å². The molecule has 0 radical (unpaired) electrons. The number of likely N-dealkylation sites (tertiary alicyclic amines) is 1. The number of rotatable bonds is 7. The molecule has 10 nitrogen and oxygen atoms in total. The predicted molar refractivity (Wildman–Crippen MR) is 153 cm³/mol. The molecule has 0 unspecified atom stereocenters. The van der Waals surface area contributed by atoms with Crippen molar-refractivity contribution in [2.24, 2.45) is 0 Å². The average molecular weight is 562 g/mol. The highest BCUT2D eigenvalue weighted by Gasteiger charge is 2.36. The van der Waals surface area contributed by atoms with Crippen LogP contribution in [-0.4, -0.2) is 79.2 Å². The summed E-state index contributed by atoms with van der Waals surface area (Å²) in [6, 6.07) is 4.01. The van der Waals surface area contributed by atoms with Crippen LogP contribution in [0.3, 0.4) is 0 Å². The predicted octanol–water partition coefficient (Wildman–Crippen LogP) is 5.44. The summed E-state index contributed by atoms with van der Waals surface area (Å²) in [7, 11) is 1.37. The summed E-state index contributed by atoms with van der Waals surface area (Å²) in [5, 5.41) is 3.01. The first-order chi connectivity index (χ1) is 18.6. The van der Waals surface area contributed by atoms with Crippen molar-refractivity contribution < 1.29 is 33.3 Å². The van der Waals surface area contributed by atoms with Crippen molar-refractivity contribution in [2.45, 2.75) is 110 Å². The van der Waals surface area contributed by atoms with Crippen molar-refractivity contribution in [3.8, 4) is 5.75 Å². The molecule has 1 heterocycles. The first-order valence-electron chi connectivity index (χ1n) is 14.2. The van der Waals surface area contributed by atoms with Gasteiger partial charge >= 0.3 is 18.2 Å². The minimum Gasteiger partial charge on any atom is -0.487 e. The summed E-state index contributed by atoms with van der Waals surface area (Å²) in [6.45, 7) is 16.7. The number of amides is 2. The van der Waals surface area contributed by atoms with Crippen LogP contribution in [0, 0.1) is 6.92 Å². The molecule has 0 atom stereocenters. The fourth-order valence-corrected chi connectivity index (χ4v) is 5.17. The maximum atomic E-state index is 12.7. The van der Waals surface area contributed by atoms with Crippen LogP contribution < -0.4 is 15.0 Å². The molecule has 0 aromatic heterocycles. The fraction of sp³-hybridized carbons (Fsp3) is 0.700. The topological polar surface area (TPSA) is 107 Å². The van der Waals surface area contributed by atoms with Crippen molar-refractivity contribution in [2.75, 3.05) is 31.6 Å². The number of carbonyl (C=O) groups excluding carboxylic acids is 3. The van der Waals surface area contributed by atoms with Gasteiger partial charge in [0.05, 0.1) is 25.8 Å². The molecule has 3 rings (SSSR count). The summed E-state index contributed by atoms with van der Waals surface area (Å²) in [5.74, 6) is 0.142. The Morgan fingerprint density at radius 3 is 2.10 bits per heavy atom. The number of ether oxygens (including phenoxy) is 4. The third-order valence-corrected chi connectivity index (χ3v) is 7.07. The highest BCUT2D eigenvalue weighted by atomic mass is 16.6. The van der Waals surface area contributed by atoms with Gasteiger partial charge in [0.2, 0.25) is 0 Å². The molecule has 0 spiro atoms. The number of benzene rings is 1. The Bertz CT molecular complexity index is 1060. The number of nitrogens with zero attached hydrogens (tertiary/aromatic N) is 2. The monoisotopic (exact) mass is 561 g/mol. The normalized spacial score (nSPS) is 19.8. The summed E-state index contributed by atoms with van der Waals surface area (Å²) in [5.41, 5.74) is 1.12. The van der Waals surface area contributed by atoms with Gasteiger partial charge in [0, 0.05) is 30.4 Å². The number of hydrogen-bond acceptors (Lipinski definition) is 8. The summed E-state index contributed by atoms with van der Waals surface area (Å²) >= 11 is 0. The molecule has 2 amide bonds. The molecule has 1 aliphatic heterocycles. The molecular formula is C30H47N3O7. The molecule has 224 valence electrons. The van der Waals surface area contributed by atoms with Crippen molar-refractivity contribution in [1.82, 2.24) is 10.2 Å². The average Bonchev–Trinajstić information content (AvgIpc) is 2.81. The summed E-state index contributed by atoms with van der Waals surface area (Å²) in [4.78, 5) is 41.2. The van der Waals surface area contributed by atoms with Gasteiger partial charge in [0.1, 0.15) is 23.1 Å². The second-order valence-corrected chi connectivity index (χ2v) is 12.7. The maximum Gasteiger partial charge on any atom is 0.410 e. The number of nitrogens with one attached hydrogen (secondary N) is 1. The third kappa shape index (κ3) is 8.41. The lowest BCUT2D eigenvalue weighted by Crippen LogP contribution is -2.57. The number of anilines is 1. The van der Waals surface area contributed by atoms with Crippen molar-refractivity contribution >= 4 is 23.8 Å². The van der Waals surface area contributed by atoms with Gasteiger partial charge in [0.25, 0.3) is 0 Å². The quantitative estimate of drug-likeness (QED) is 0.346. The molecule has 0 bridgehead atoms. The van der Waals surface area contributed by atoms with Gasteiger partial charge in [-0.3, -0.25) is 0 Å². The summed E-state index contributed by atoms with van der Waals surface area (Å²) < 4.78 is 22.2. The van der Waals surface area contributed by atoms with Crippen LogP contribution in [0.4, 0.5) is 15.3 Å². The van der Waals surface area contributed by atoms with E-state index in [2.05, 4.69) is 17.1 Å². The molecule has 2 fully saturated rings. The number of esters is 1. The first-order valence-corrected chi connectivity index (χ1v) is 14.2. The molecule has 1 aliphatic carbocycles. The highest BCUT2D eigenvalue weighted by Crippen LogP contribution is 2.35. The van der Waals surface area contributed by atoms with Crippen LogP contribution in [0.25, 0.3) is 0 Å². The van der Waals surface area contributed by atoms with Gasteiger partial charge in [-0.05, 0) is 92.7 Å². The first kappa shape index (κ1) is 31.4. The third-order valence-electron chi connectivity index (χ3n) is 7.07. The lowest BCUT2D eigenvalue weighted by atomic mass is 9.89. The number of carbonyl (C=O) groups is 3. The summed E-state index contributed by atoms with van der Waals surface area (Å²) in [6.07, 6.45) is 2.51. The number of alkyl carbamates (subject to hydrolysis) is 1. The van der Waals surface area contributed by atoms with Gasteiger partial charge in [-0.2, -0.15) is 0 Å². The Hall–Kier alpha value is -3.17. The van der Waals surface area contributed by atoms with E-state index >= 15 is 0 Å². The smallest absolute Gasteiger partial charge is 0.410 e. The highest BCUT2D eigenvalue weighted by molar-refractivity contribution is 5.93. The van der Waals surface area contributed by atoms with Gasteiger partial charge in [-0.25, -0.2) is 14.4 Å². The van der Waals surface area contributed by atoms with Crippen LogP contribution >= 0.6 is 0 Å². The molecule has 1 aromatic rings. The zero-order valence-electron chi connectivity index (χ0n) is 25.6. The molecule has 2 aliphatic rings. The van der Waals surface area contributed by atoms with Gasteiger partial charge < -0.3 is 34.1 Å². The van der Waals surface area contributed by atoms with E-state index < -0.39 is 17.2 Å². The van der Waals surface area contributed by atoms with Crippen LogP contribution in [0.1, 0.15) is 90.1 Å². The van der Waals surface area contributed by atoms with E-state index in [-0.39, 0.29) is 30.4 Å². The van der Waals surface area contributed by atoms with Crippen molar-refractivity contribution in [3.05, 3.63) is 23.3 Å². The van der Waals surface area contributed by atoms with Crippen LogP contribution in [-0.2, 0) is 14.2 Å². The van der Waals surface area contributed by atoms with Crippen LogP contribution in [0.15, 0.2) is 12.1 Å². The second kappa shape index (κ2) is 12.6. The molecule has 1 saturated heterocycles. The minimum atomic E-state index is -0.557.